The number of rotatable bonds is 4. The molecule has 6 nitrogen and oxygen atoms in total. The Balaban J connectivity index is 2.07. The lowest BCUT2D eigenvalue weighted by atomic mass is 10.2. The van der Waals surface area contributed by atoms with E-state index in [2.05, 4.69) is 32.0 Å². The summed E-state index contributed by atoms with van der Waals surface area (Å²) in [5, 5.41) is 2.87. The van der Waals surface area contributed by atoms with E-state index in [0.29, 0.717) is 5.56 Å². The summed E-state index contributed by atoms with van der Waals surface area (Å²) >= 11 is 0. The minimum Gasteiger partial charge on any atom is -0.350 e. The molecule has 0 radical (unpaired) electrons. The zero-order valence-corrected chi connectivity index (χ0v) is 13.4. The molecule has 0 unspecified atom stereocenters. The number of nitrogens with one attached hydrogen (secondary N) is 1. The Morgan fingerprint density at radius 1 is 1.33 bits per heavy atom. The van der Waals surface area contributed by atoms with Crippen LogP contribution in [0, 0.1) is 6.92 Å². The second kappa shape index (κ2) is 6.85. The van der Waals surface area contributed by atoms with Crippen LogP contribution in [0.15, 0.2) is 6.20 Å². The highest BCUT2D eigenvalue weighted by Crippen LogP contribution is 2.13. The average Bonchev–Trinajstić information content (AvgIpc) is 2.46. The molecule has 2 heterocycles. The van der Waals surface area contributed by atoms with Gasteiger partial charge in [-0.2, -0.15) is 0 Å². The summed E-state index contributed by atoms with van der Waals surface area (Å²) in [6, 6.07) is 0.110. The Kier molecular flexibility index (Phi) is 5.12. The molecule has 1 aromatic rings. The topological polar surface area (TPSA) is 61.4 Å². The van der Waals surface area contributed by atoms with Gasteiger partial charge in [-0.25, -0.2) is 9.97 Å². The van der Waals surface area contributed by atoms with Crippen molar-refractivity contribution in [3.05, 3.63) is 17.5 Å². The van der Waals surface area contributed by atoms with Crippen LogP contribution in [0.4, 0.5) is 5.95 Å². The van der Waals surface area contributed by atoms with Gasteiger partial charge in [0, 0.05) is 38.4 Å². The van der Waals surface area contributed by atoms with E-state index in [4.69, 9.17) is 0 Å². The molecular weight excluding hydrogens is 266 g/mol. The average molecular weight is 291 g/mol. The van der Waals surface area contributed by atoms with Gasteiger partial charge in [0.1, 0.15) is 0 Å². The molecule has 21 heavy (non-hydrogen) atoms. The molecule has 2 rings (SSSR count). The molecule has 1 aliphatic rings. The van der Waals surface area contributed by atoms with Gasteiger partial charge in [0.2, 0.25) is 5.95 Å². The number of carbonyl (C=O) groups excluding carboxylic acids is 1. The van der Waals surface area contributed by atoms with E-state index in [9.17, 15) is 4.79 Å². The lowest BCUT2D eigenvalue weighted by Gasteiger charge is -2.34. The van der Waals surface area contributed by atoms with E-state index >= 15 is 0 Å². The van der Waals surface area contributed by atoms with Crippen LogP contribution in [0.25, 0.3) is 0 Å². The minimum atomic E-state index is -0.107. The summed E-state index contributed by atoms with van der Waals surface area (Å²) in [5.74, 6) is 0.620. The van der Waals surface area contributed by atoms with Crippen molar-refractivity contribution >= 4 is 11.9 Å². The first-order chi connectivity index (χ1) is 10.0. The normalized spacial score (nSPS) is 16.3. The van der Waals surface area contributed by atoms with E-state index in [1.807, 2.05) is 20.8 Å². The summed E-state index contributed by atoms with van der Waals surface area (Å²) in [4.78, 5) is 25.5. The Morgan fingerprint density at radius 2 is 2.00 bits per heavy atom. The number of amides is 1. The van der Waals surface area contributed by atoms with E-state index in [-0.39, 0.29) is 11.9 Å². The zero-order valence-electron chi connectivity index (χ0n) is 13.4. The standard InChI is InChI=1S/C15H25N5O/c1-5-19-6-8-20(9-7-19)15-16-10-13(12(4)18-15)14(21)17-11(2)3/h10-11H,5-9H2,1-4H3,(H,17,21). The van der Waals surface area contributed by atoms with Gasteiger partial charge in [-0.3, -0.25) is 4.79 Å². The first-order valence-electron chi connectivity index (χ1n) is 7.63. The predicted molar refractivity (Wildman–Crippen MR) is 83.7 cm³/mol. The summed E-state index contributed by atoms with van der Waals surface area (Å²) in [6.45, 7) is 13.0. The van der Waals surface area contributed by atoms with Crippen molar-refractivity contribution in [1.29, 1.82) is 0 Å². The van der Waals surface area contributed by atoms with Crippen LogP contribution in [-0.4, -0.2) is 59.5 Å². The SMILES string of the molecule is CCN1CCN(c2ncc(C(=O)NC(C)C)c(C)n2)CC1. The third-order valence-electron chi connectivity index (χ3n) is 3.73. The van der Waals surface area contributed by atoms with Gasteiger partial charge in [-0.15, -0.1) is 0 Å². The van der Waals surface area contributed by atoms with Crippen LogP contribution in [0.2, 0.25) is 0 Å². The highest BCUT2D eigenvalue weighted by atomic mass is 16.1. The van der Waals surface area contributed by atoms with Crippen molar-refractivity contribution in [2.75, 3.05) is 37.6 Å². The van der Waals surface area contributed by atoms with Crippen LogP contribution in [-0.2, 0) is 0 Å². The van der Waals surface area contributed by atoms with Gasteiger partial charge >= 0.3 is 0 Å². The van der Waals surface area contributed by atoms with E-state index < -0.39 is 0 Å². The number of aryl methyl sites for hydroxylation is 1. The number of hydrogen-bond donors (Lipinski definition) is 1. The van der Waals surface area contributed by atoms with Gasteiger partial charge < -0.3 is 15.1 Å². The minimum absolute atomic E-state index is 0.107. The molecule has 0 atom stereocenters. The van der Waals surface area contributed by atoms with Crippen molar-refractivity contribution < 1.29 is 4.79 Å². The van der Waals surface area contributed by atoms with E-state index in [1.165, 1.54) is 0 Å². The number of hydrogen-bond acceptors (Lipinski definition) is 5. The van der Waals surface area contributed by atoms with Crippen LogP contribution < -0.4 is 10.2 Å². The molecule has 0 saturated carbocycles. The predicted octanol–water partition coefficient (Wildman–Crippen LogP) is 1.07. The first kappa shape index (κ1) is 15.7. The monoisotopic (exact) mass is 291 g/mol. The number of piperazine rings is 1. The van der Waals surface area contributed by atoms with Gasteiger partial charge in [0.15, 0.2) is 0 Å². The smallest absolute Gasteiger partial charge is 0.254 e. The number of aromatic nitrogens is 2. The molecule has 1 aromatic heterocycles. The number of nitrogens with zero attached hydrogens (tertiary/aromatic N) is 4. The molecule has 0 bridgehead atoms. The molecule has 1 N–H and O–H groups in total. The van der Waals surface area contributed by atoms with Crippen molar-refractivity contribution in [3.63, 3.8) is 0 Å². The van der Waals surface area contributed by atoms with Crippen molar-refractivity contribution in [1.82, 2.24) is 20.2 Å². The Labute approximate surface area is 126 Å². The molecule has 1 fully saturated rings. The fourth-order valence-corrected chi connectivity index (χ4v) is 2.43. The summed E-state index contributed by atoms with van der Waals surface area (Å²) in [6.07, 6.45) is 1.64. The molecule has 6 heteroatoms. The van der Waals surface area contributed by atoms with E-state index in [1.54, 1.807) is 6.20 Å². The molecule has 116 valence electrons. The summed E-state index contributed by atoms with van der Waals surface area (Å²) < 4.78 is 0. The maximum atomic E-state index is 12.0. The molecule has 0 aromatic carbocycles. The van der Waals surface area contributed by atoms with Crippen molar-refractivity contribution in [2.24, 2.45) is 0 Å². The maximum Gasteiger partial charge on any atom is 0.254 e. The summed E-state index contributed by atoms with van der Waals surface area (Å²) in [5.41, 5.74) is 1.29. The van der Waals surface area contributed by atoms with Crippen LogP contribution in [0.1, 0.15) is 36.8 Å². The van der Waals surface area contributed by atoms with Gasteiger partial charge in [0.05, 0.1) is 11.3 Å². The number of anilines is 1. The number of carbonyl (C=O) groups is 1. The lowest BCUT2D eigenvalue weighted by Crippen LogP contribution is -2.46. The third kappa shape index (κ3) is 3.91. The largest absolute Gasteiger partial charge is 0.350 e. The fraction of sp³-hybridized carbons (Fsp3) is 0.667. The Hall–Kier alpha value is -1.69. The second-order valence-electron chi connectivity index (χ2n) is 5.72. The third-order valence-corrected chi connectivity index (χ3v) is 3.73. The van der Waals surface area contributed by atoms with Crippen molar-refractivity contribution in [3.8, 4) is 0 Å². The highest BCUT2D eigenvalue weighted by molar-refractivity contribution is 5.95. The van der Waals surface area contributed by atoms with Gasteiger partial charge in [-0.1, -0.05) is 6.92 Å². The molecule has 1 saturated heterocycles. The molecule has 1 amide bonds. The molecule has 0 aliphatic carbocycles. The fourth-order valence-electron chi connectivity index (χ4n) is 2.43. The Morgan fingerprint density at radius 3 is 2.52 bits per heavy atom. The maximum absolute atomic E-state index is 12.0. The van der Waals surface area contributed by atoms with Crippen LogP contribution in [0.3, 0.4) is 0 Å². The second-order valence-corrected chi connectivity index (χ2v) is 5.72. The van der Waals surface area contributed by atoms with Gasteiger partial charge in [0.25, 0.3) is 5.91 Å². The molecule has 1 aliphatic heterocycles. The van der Waals surface area contributed by atoms with Crippen LogP contribution in [0.5, 0.6) is 0 Å². The van der Waals surface area contributed by atoms with Gasteiger partial charge in [-0.05, 0) is 27.3 Å². The quantitative estimate of drug-likeness (QED) is 0.899. The Bertz CT molecular complexity index is 495. The lowest BCUT2D eigenvalue weighted by molar-refractivity contribution is 0.0941. The van der Waals surface area contributed by atoms with E-state index in [0.717, 1.165) is 44.4 Å². The molecular formula is C15H25N5O. The van der Waals surface area contributed by atoms with Crippen molar-refractivity contribution in [2.45, 2.75) is 33.7 Å². The summed E-state index contributed by atoms with van der Waals surface area (Å²) in [7, 11) is 0. The zero-order chi connectivity index (χ0) is 15.4. The number of likely N-dealkylation sites (N-methyl/N-ethyl adjacent to an activating group) is 1. The first-order valence-corrected chi connectivity index (χ1v) is 7.63. The highest BCUT2D eigenvalue weighted by Gasteiger charge is 2.19. The molecule has 0 spiro atoms. The van der Waals surface area contributed by atoms with Crippen LogP contribution >= 0.6 is 0 Å².